The Morgan fingerprint density at radius 1 is 1.00 bits per heavy atom. The van der Waals surface area contributed by atoms with Gasteiger partial charge in [-0.05, 0) is 30.9 Å². The topological polar surface area (TPSA) is 35.5 Å². The molecule has 0 saturated carbocycles. The van der Waals surface area contributed by atoms with Gasteiger partial charge in [-0.3, -0.25) is 4.79 Å². The van der Waals surface area contributed by atoms with E-state index < -0.39 is 0 Å². The van der Waals surface area contributed by atoms with Crippen molar-refractivity contribution in [3.63, 3.8) is 0 Å². The minimum Gasteiger partial charge on any atom is -0.461 e. The van der Waals surface area contributed by atoms with Crippen molar-refractivity contribution in [3.8, 4) is 0 Å². The number of rotatable bonds is 8. The van der Waals surface area contributed by atoms with Gasteiger partial charge in [-0.1, -0.05) is 67.6 Å². The monoisotopic (exact) mass is 338 g/mol. The highest BCUT2D eigenvalue weighted by Gasteiger charge is 2.44. The van der Waals surface area contributed by atoms with Gasteiger partial charge in [0, 0.05) is 5.92 Å². The standard InChI is InChI=1S/C22H26O3/c1-16(21-17(2)22(23)25-21)20(14-13-18-9-5-3-6-10-18)24-15-19-11-7-4-8-12-19/h3-12,16-17,20-21H,13-15H2,1-2H3/t16-,17+,20+,21-/m1/s1. The minimum absolute atomic E-state index is 0.0328. The summed E-state index contributed by atoms with van der Waals surface area (Å²) in [5.41, 5.74) is 2.47. The molecule has 3 rings (SSSR count). The molecule has 0 bridgehead atoms. The van der Waals surface area contributed by atoms with E-state index in [2.05, 4.69) is 43.3 Å². The molecule has 1 aliphatic rings. The fourth-order valence-electron chi connectivity index (χ4n) is 3.41. The van der Waals surface area contributed by atoms with Crippen molar-refractivity contribution in [2.45, 2.75) is 45.5 Å². The minimum atomic E-state index is -0.0956. The summed E-state index contributed by atoms with van der Waals surface area (Å²) in [4.78, 5) is 11.5. The molecule has 3 heteroatoms. The average Bonchev–Trinajstić information content (AvgIpc) is 2.67. The van der Waals surface area contributed by atoms with Crippen molar-refractivity contribution in [1.82, 2.24) is 0 Å². The lowest BCUT2D eigenvalue weighted by Gasteiger charge is -2.40. The molecule has 0 unspecified atom stereocenters. The van der Waals surface area contributed by atoms with Crippen molar-refractivity contribution in [2.24, 2.45) is 11.8 Å². The Morgan fingerprint density at radius 2 is 1.60 bits per heavy atom. The highest BCUT2D eigenvalue weighted by atomic mass is 16.6. The van der Waals surface area contributed by atoms with E-state index in [-0.39, 0.29) is 30.0 Å². The summed E-state index contributed by atoms with van der Waals surface area (Å²) in [5.74, 6) is 0.0522. The summed E-state index contributed by atoms with van der Waals surface area (Å²) in [5, 5.41) is 0. The molecule has 2 aromatic rings. The average molecular weight is 338 g/mol. The van der Waals surface area contributed by atoms with Gasteiger partial charge in [0.1, 0.15) is 6.10 Å². The van der Waals surface area contributed by atoms with Gasteiger partial charge in [0.25, 0.3) is 0 Å². The predicted molar refractivity (Wildman–Crippen MR) is 98.0 cm³/mol. The molecule has 4 atom stereocenters. The zero-order valence-corrected chi connectivity index (χ0v) is 14.9. The van der Waals surface area contributed by atoms with Gasteiger partial charge in [-0.15, -0.1) is 0 Å². The van der Waals surface area contributed by atoms with Crippen molar-refractivity contribution >= 4 is 5.97 Å². The van der Waals surface area contributed by atoms with Crippen LogP contribution in [0.4, 0.5) is 0 Å². The molecule has 1 fully saturated rings. The van der Waals surface area contributed by atoms with Gasteiger partial charge in [-0.2, -0.15) is 0 Å². The highest BCUT2D eigenvalue weighted by Crippen LogP contribution is 2.32. The highest BCUT2D eigenvalue weighted by molar-refractivity contribution is 5.78. The molecule has 0 aliphatic carbocycles. The molecule has 132 valence electrons. The lowest BCUT2D eigenvalue weighted by molar-refractivity contribution is -0.196. The van der Waals surface area contributed by atoms with Crippen LogP contribution in [-0.2, 0) is 27.3 Å². The van der Waals surface area contributed by atoms with Crippen LogP contribution < -0.4 is 0 Å². The summed E-state index contributed by atoms with van der Waals surface area (Å²) in [6.07, 6.45) is 1.89. The van der Waals surface area contributed by atoms with Gasteiger partial charge >= 0.3 is 5.97 Å². The van der Waals surface area contributed by atoms with Crippen LogP contribution in [-0.4, -0.2) is 18.2 Å². The third kappa shape index (κ3) is 4.49. The molecule has 1 heterocycles. The second kappa shape index (κ2) is 8.30. The summed E-state index contributed by atoms with van der Waals surface area (Å²) in [6.45, 7) is 4.66. The quantitative estimate of drug-likeness (QED) is 0.669. The zero-order chi connectivity index (χ0) is 17.6. The number of benzene rings is 2. The number of cyclic esters (lactones) is 1. The fourth-order valence-corrected chi connectivity index (χ4v) is 3.41. The van der Waals surface area contributed by atoms with Crippen LogP contribution in [0.15, 0.2) is 60.7 Å². The number of carbonyl (C=O) groups excluding carboxylic acids is 1. The van der Waals surface area contributed by atoms with Crippen molar-refractivity contribution in [2.75, 3.05) is 0 Å². The SMILES string of the molecule is C[C@@H]([C@H]1OC(=O)[C@H]1C)[C@H](CCc1ccccc1)OCc1ccccc1. The molecule has 0 amide bonds. The summed E-state index contributed by atoms with van der Waals surface area (Å²) in [7, 11) is 0. The molecular formula is C22H26O3. The maximum atomic E-state index is 11.5. The fraction of sp³-hybridized carbons (Fsp3) is 0.409. The predicted octanol–water partition coefficient (Wildman–Crippen LogP) is 4.40. The van der Waals surface area contributed by atoms with E-state index >= 15 is 0 Å². The number of carbonyl (C=O) groups is 1. The van der Waals surface area contributed by atoms with Crippen LogP contribution in [0.2, 0.25) is 0 Å². The van der Waals surface area contributed by atoms with Crippen LogP contribution in [0, 0.1) is 11.8 Å². The first-order valence-corrected chi connectivity index (χ1v) is 9.05. The van der Waals surface area contributed by atoms with E-state index in [0.29, 0.717) is 6.61 Å². The Kier molecular flexibility index (Phi) is 5.87. The third-order valence-electron chi connectivity index (χ3n) is 5.09. The Hall–Kier alpha value is -2.13. The first kappa shape index (κ1) is 17.7. The van der Waals surface area contributed by atoms with Crippen LogP contribution in [0.5, 0.6) is 0 Å². The van der Waals surface area contributed by atoms with Crippen molar-refractivity contribution < 1.29 is 14.3 Å². The zero-order valence-electron chi connectivity index (χ0n) is 14.9. The molecule has 3 nitrogen and oxygen atoms in total. The second-order valence-electron chi connectivity index (χ2n) is 6.91. The van der Waals surface area contributed by atoms with E-state index in [4.69, 9.17) is 9.47 Å². The Morgan fingerprint density at radius 3 is 2.16 bits per heavy atom. The van der Waals surface area contributed by atoms with Gasteiger partial charge in [0.15, 0.2) is 0 Å². The number of hydrogen-bond donors (Lipinski definition) is 0. The second-order valence-corrected chi connectivity index (χ2v) is 6.91. The molecule has 1 saturated heterocycles. The van der Waals surface area contributed by atoms with Gasteiger partial charge < -0.3 is 9.47 Å². The lowest BCUT2D eigenvalue weighted by atomic mass is 9.83. The first-order valence-electron chi connectivity index (χ1n) is 9.05. The normalized spacial score (nSPS) is 21.9. The van der Waals surface area contributed by atoms with Crippen LogP contribution in [0.3, 0.4) is 0 Å². The molecular weight excluding hydrogens is 312 g/mol. The first-order chi connectivity index (χ1) is 12.1. The van der Waals surface area contributed by atoms with Crippen LogP contribution in [0.25, 0.3) is 0 Å². The van der Waals surface area contributed by atoms with E-state index in [9.17, 15) is 4.79 Å². The van der Waals surface area contributed by atoms with E-state index in [1.165, 1.54) is 5.56 Å². The van der Waals surface area contributed by atoms with Crippen molar-refractivity contribution in [1.29, 1.82) is 0 Å². The van der Waals surface area contributed by atoms with Gasteiger partial charge in [0.2, 0.25) is 0 Å². The molecule has 0 aromatic heterocycles. The molecule has 2 aromatic carbocycles. The lowest BCUT2D eigenvalue weighted by Crippen LogP contribution is -2.50. The van der Waals surface area contributed by atoms with Gasteiger partial charge in [0.05, 0.1) is 18.6 Å². The van der Waals surface area contributed by atoms with Crippen LogP contribution >= 0.6 is 0 Å². The Balaban J connectivity index is 1.63. The number of aryl methyl sites for hydroxylation is 1. The van der Waals surface area contributed by atoms with Crippen LogP contribution in [0.1, 0.15) is 31.4 Å². The Labute approximate surface area is 150 Å². The number of esters is 1. The molecule has 0 N–H and O–H groups in total. The number of ether oxygens (including phenoxy) is 2. The smallest absolute Gasteiger partial charge is 0.312 e. The Bertz CT molecular complexity index is 625. The van der Waals surface area contributed by atoms with E-state index in [1.54, 1.807) is 0 Å². The maximum Gasteiger partial charge on any atom is 0.312 e. The van der Waals surface area contributed by atoms with Crippen molar-refractivity contribution in [3.05, 3.63) is 71.8 Å². The van der Waals surface area contributed by atoms with E-state index in [0.717, 1.165) is 18.4 Å². The molecule has 0 radical (unpaired) electrons. The van der Waals surface area contributed by atoms with E-state index in [1.807, 2.05) is 31.2 Å². The summed E-state index contributed by atoms with van der Waals surface area (Å²) >= 11 is 0. The molecule has 0 spiro atoms. The summed E-state index contributed by atoms with van der Waals surface area (Å²) < 4.78 is 11.6. The third-order valence-corrected chi connectivity index (χ3v) is 5.09. The largest absolute Gasteiger partial charge is 0.461 e. The maximum absolute atomic E-state index is 11.5. The van der Waals surface area contributed by atoms with Gasteiger partial charge in [-0.25, -0.2) is 0 Å². The molecule has 25 heavy (non-hydrogen) atoms. The number of hydrogen-bond acceptors (Lipinski definition) is 3. The summed E-state index contributed by atoms with van der Waals surface area (Å²) in [6, 6.07) is 20.7. The molecule has 1 aliphatic heterocycles.